The molecule has 0 unspecified atom stereocenters. The predicted molar refractivity (Wildman–Crippen MR) is 154 cm³/mol. The normalized spacial score (nSPS) is 19.9. The minimum absolute atomic E-state index is 0.0815. The third-order valence-electron chi connectivity index (χ3n) is 8.38. The van der Waals surface area contributed by atoms with E-state index in [0.717, 1.165) is 19.4 Å². The third kappa shape index (κ3) is 4.58. The van der Waals surface area contributed by atoms with Gasteiger partial charge in [0.05, 0.1) is 29.3 Å². The number of aromatic hydroxyl groups is 1. The van der Waals surface area contributed by atoms with Crippen LogP contribution in [0.5, 0.6) is 11.8 Å². The Morgan fingerprint density at radius 3 is 2.91 bits per heavy atom. The van der Waals surface area contributed by atoms with Crippen LogP contribution >= 0.6 is 0 Å². The summed E-state index contributed by atoms with van der Waals surface area (Å²) in [6.07, 6.45) is 9.63. The summed E-state index contributed by atoms with van der Waals surface area (Å²) in [7, 11) is 1.52. The number of terminal acetylenes is 1. The average molecular weight is 602 g/mol. The van der Waals surface area contributed by atoms with E-state index in [1.165, 1.54) is 42.3 Å². The van der Waals surface area contributed by atoms with Gasteiger partial charge in [-0.2, -0.15) is 9.97 Å². The molecule has 2 aliphatic rings. The van der Waals surface area contributed by atoms with Gasteiger partial charge in [-0.3, -0.25) is 9.88 Å². The number of ether oxygens (including phenoxy) is 2. The maximum absolute atomic E-state index is 16.6. The van der Waals surface area contributed by atoms with Gasteiger partial charge in [-0.05, 0) is 43.0 Å². The molecule has 1 N–H and O–H groups in total. The zero-order valence-corrected chi connectivity index (χ0v) is 23.6. The van der Waals surface area contributed by atoms with Crippen LogP contribution in [-0.4, -0.2) is 78.5 Å². The molecule has 5 heterocycles. The van der Waals surface area contributed by atoms with Crippen molar-refractivity contribution in [1.82, 2.24) is 34.8 Å². The van der Waals surface area contributed by atoms with E-state index in [1.54, 1.807) is 6.20 Å². The summed E-state index contributed by atoms with van der Waals surface area (Å²) >= 11 is 0. The fourth-order valence-corrected chi connectivity index (χ4v) is 6.46. The first-order valence-corrected chi connectivity index (χ1v) is 14.0. The van der Waals surface area contributed by atoms with E-state index < -0.39 is 23.3 Å². The van der Waals surface area contributed by atoms with Gasteiger partial charge in [0, 0.05) is 37.2 Å². The Morgan fingerprint density at radius 1 is 1.23 bits per heavy atom. The van der Waals surface area contributed by atoms with E-state index in [4.69, 9.17) is 15.9 Å². The minimum Gasteiger partial charge on any atom is -0.508 e. The van der Waals surface area contributed by atoms with Gasteiger partial charge in [0.1, 0.15) is 41.2 Å². The molecule has 3 aromatic heterocycles. The fourth-order valence-electron chi connectivity index (χ4n) is 6.46. The Kier molecular flexibility index (Phi) is 6.83. The largest absolute Gasteiger partial charge is 0.508 e. The summed E-state index contributed by atoms with van der Waals surface area (Å²) in [6.45, 7) is 1.42. The zero-order valence-electron chi connectivity index (χ0n) is 23.6. The van der Waals surface area contributed by atoms with Gasteiger partial charge in [-0.1, -0.05) is 17.2 Å². The van der Waals surface area contributed by atoms with Crippen molar-refractivity contribution in [1.29, 1.82) is 0 Å². The summed E-state index contributed by atoms with van der Waals surface area (Å²) in [4.78, 5) is 15.4. The highest BCUT2D eigenvalue weighted by molar-refractivity contribution is 6.02. The molecule has 2 atom stereocenters. The van der Waals surface area contributed by atoms with Gasteiger partial charge in [-0.25, -0.2) is 17.9 Å². The van der Waals surface area contributed by atoms with Crippen molar-refractivity contribution in [3.63, 3.8) is 0 Å². The molecule has 2 fully saturated rings. The van der Waals surface area contributed by atoms with Crippen LogP contribution in [0.25, 0.3) is 38.8 Å². The van der Waals surface area contributed by atoms with E-state index >= 15 is 4.39 Å². The summed E-state index contributed by atoms with van der Waals surface area (Å²) in [5.41, 5.74) is -0.381. The Balaban J connectivity index is 1.40. The number of hydrogen-bond acceptors (Lipinski definition) is 9. The lowest BCUT2D eigenvalue weighted by Crippen LogP contribution is -2.43. The second kappa shape index (κ2) is 10.7. The van der Waals surface area contributed by atoms with Gasteiger partial charge in [0.15, 0.2) is 11.6 Å². The molecule has 0 spiro atoms. The van der Waals surface area contributed by atoms with Crippen LogP contribution in [0.3, 0.4) is 0 Å². The van der Waals surface area contributed by atoms with Crippen LogP contribution < -0.4 is 4.74 Å². The van der Waals surface area contributed by atoms with Crippen molar-refractivity contribution in [2.45, 2.75) is 37.6 Å². The maximum atomic E-state index is 16.6. The molecule has 0 aliphatic carbocycles. The number of phenols is 1. The SMILES string of the molecule is C#Cc1c(F)ccc2cc(O)cc(-c3ncc4c(-n5cc(COC)nn5)nc(OC[C@@]56CCCN5C[C@H](F)C6)nc4c3F)c12. The Morgan fingerprint density at radius 2 is 2.09 bits per heavy atom. The summed E-state index contributed by atoms with van der Waals surface area (Å²) in [6, 6.07) is 5.16. The van der Waals surface area contributed by atoms with Crippen LogP contribution in [0.2, 0.25) is 0 Å². The van der Waals surface area contributed by atoms with E-state index in [2.05, 4.69) is 36.1 Å². The number of phenolic OH excluding ortho intramolecular Hbond substituents is 1. The van der Waals surface area contributed by atoms with Crippen molar-refractivity contribution in [2.24, 2.45) is 0 Å². The van der Waals surface area contributed by atoms with Crippen LogP contribution in [0.4, 0.5) is 13.2 Å². The van der Waals surface area contributed by atoms with E-state index in [-0.39, 0.29) is 63.9 Å². The molecule has 13 heteroatoms. The highest BCUT2D eigenvalue weighted by atomic mass is 19.1. The number of alkyl halides is 1. The molecule has 2 aliphatic heterocycles. The molecule has 0 bridgehead atoms. The smallest absolute Gasteiger partial charge is 0.319 e. The first kappa shape index (κ1) is 28.0. The van der Waals surface area contributed by atoms with Gasteiger partial charge >= 0.3 is 6.01 Å². The number of fused-ring (bicyclic) bond motifs is 3. The highest BCUT2D eigenvalue weighted by Crippen LogP contribution is 2.41. The standard InChI is InChI=1S/C31H26F3N7O3/c1-3-21-24(33)6-5-17-9-20(42)10-22(25(17)21)27-26(34)28-23(12-35-27)29(41-14-19(15-43-2)38-39-41)37-30(36-28)44-16-31-7-4-8-40(31)13-18(32)11-31/h1,5-6,9-10,12,14,18,42H,4,7-8,11,13,15-16H2,2H3/t18-,31+/m1/s1. The number of nitrogens with zero attached hydrogens (tertiary/aromatic N) is 7. The zero-order chi connectivity index (χ0) is 30.6. The molecule has 224 valence electrons. The Labute approximate surface area is 249 Å². The van der Waals surface area contributed by atoms with Crippen molar-refractivity contribution in [3.05, 3.63) is 59.6 Å². The first-order valence-electron chi connectivity index (χ1n) is 14.0. The molecule has 2 aromatic carbocycles. The van der Waals surface area contributed by atoms with Gasteiger partial charge in [0.25, 0.3) is 0 Å². The number of rotatable bonds is 7. The van der Waals surface area contributed by atoms with Crippen molar-refractivity contribution < 1.29 is 27.8 Å². The number of methoxy groups -OCH3 is 1. The molecular weight excluding hydrogens is 575 g/mol. The molecule has 10 nitrogen and oxygen atoms in total. The summed E-state index contributed by atoms with van der Waals surface area (Å²) in [5, 5.41) is 19.5. The third-order valence-corrected chi connectivity index (χ3v) is 8.38. The second-order valence-corrected chi connectivity index (χ2v) is 11.1. The molecule has 0 radical (unpaired) electrons. The van der Waals surface area contributed by atoms with Crippen LogP contribution in [-0.2, 0) is 11.3 Å². The number of hydrogen-bond donors (Lipinski definition) is 1. The van der Waals surface area contributed by atoms with E-state index in [1.807, 2.05) is 0 Å². The lowest BCUT2D eigenvalue weighted by Gasteiger charge is -2.30. The van der Waals surface area contributed by atoms with Gasteiger partial charge in [-0.15, -0.1) is 11.5 Å². The lowest BCUT2D eigenvalue weighted by atomic mass is 9.95. The molecular formula is C31H26F3N7O3. The number of aromatic nitrogens is 6. The number of pyridine rings is 1. The molecule has 5 aromatic rings. The van der Waals surface area contributed by atoms with Gasteiger partial charge in [0.2, 0.25) is 0 Å². The molecule has 0 saturated carbocycles. The van der Waals surface area contributed by atoms with Crippen molar-refractivity contribution >= 4 is 21.7 Å². The number of benzene rings is 2. The quantitative estimate of drug-likeness (QED) is 0.270. The minimum atomic E-state index is -0.956. The maximum Gasteiger partial charge on any atom is 0.319 e. The molecule has 44 heavy (non-hydrogen) atoms. The van der Waals surface area contributed by atoms with Gasteiger partial charge < -0.3 is 14.6 Å². The van der Waals surface area contributed by atoms with Crippen molar-refractivity contribution in [2.75, 3.05) is 26.8 Å². The van der Waals surface area contributed by atoms with E-state index in [0.29, 0.717) is 24.0 Å². The van der Waals surface area contributed by atoms with E-state index in [9.17, 15) is 13.9 Å². The second-order valence-electron chi connectivity index (χ2n) is 11.1. The first-order chi connectivity index (χ1) is 21.3. The van der Waals surface area contributed by atoms with Crippen molar-refractivity contribution in [3.8, 4) is 41.2 Å². The molecule has 0 amide bonds. The predicted octanol–water partition coefficient (Wildman–Crippen LogP) is 4.49. The summed E-state index contributed by atoms with van der Waals surface area (Å²) in [5.74, 6) is 0.735. The fraction of sp³-hybridized carbons (Fsp3) is 0.323. The Hall–Kier alpha value is -4.80. The number of halogens is 3. The summed E-state index contributed by atoms with van der Waals surface area (Å²) < 4.78 is 58.3. The molecule has 2 saturated heterocycles. The van der Waals surface area contributed by atoms with Crippen LogP contribution in [0.1, 0.15) is 30.5 Å². The monoisotopic (exact) mass is 601 g/mol. The lowest BCUT2D eigenvalue weighted by molar-refractivity contribution is 0.107. The molecule has 7 rings (SSSR count). The highest BCUT2D eigenvalue weighted by Gasteiger charge is 2.49. The Bertz CT molecular complexity index is 1980. The van der Waals surface area contributed by atoms with Crippen LogP contribution in [0, 0.1) is 24.0 Å². The topological polar surface area (TPSA) is 111 Å². The van der Waals surface area contributed by atoms with Crippen LogP contribution in [0.15, 0.2) is 36.7 Å². The average Bonchev–Trinajstić information content (AvgIpc) is 3.70.